The van der Waals surface area contributed by atoms with Crippen molar-refractivity contribution >= 4 is 63.7 Å². The number of aromatic nitrogens is 4. The summed E-state index contributed by atoms with van der Waals surface area (Å²) in [4.78, 5) is 65.5. The number of nitrogens with two attached hydrogens (primary N) is 1. The minimum atomic E-state index is -1.49. The van der Waals surface area contributed by atoms with Crippen molar-refractivity contribution in [3.05, 3.63) is 71.2 Å². The fraction of sp³-hybridized carbons (Fsp3) is 0.296. The maximum Gasteiger partial charge on any atom is 0.437 e. The lowest BCUT2D eigenvalue weighted by molar-refractivity contribution is -0.690. The molecule has 0 aliphatic carbocycles. The molecule has 2 atom stereocenters. The van der Waals surface area contributed by atoms with Gasteiger partial charge in [0.05, 0.1) is 11.7 Å². The van der Waals surface area contributed by atoms with Crippen molar-refractivity contribution in [2.24, 2.45) is 5.16 Å². The number of para-hydroxylation sites is 1. The topological polar surface area (TPSA) is 209 Å². The van der Waals surface area contributed by atoms with E-state index in [1.54, 1.807) is 30.3 Å². The number of aliphatic carboxylic acids is 1. The maximum atomic E-state index is 13.3. The van der Waals surface area contributed by atoms with Gasteiger partial charge in [-0.05, 0) is 25.0 Å². The van der Waals surface area contributed by atoms with Gasteiger partial charge in [-0.2, -0.15) is 13.9 Å². The summed E-state index contributed by atoms with van der Waals surface area (Å²) >= 11 is 2.08. The molecule has 3 amide bonds. The molecule has 1 fully saturated rings. The molecule has 1 unspecified atom stereocenters. The molecule has 0 radical (unpaired) electrons. The summed E-state index contributed by atoms with van der Waals surface area (Å²) in [5.41, 5.74) is 7.58. The molecule has 2 aliphatic rings. The number of hydrogen-bond donors (Lipinski definition) is 3. The molecular formula is C27H27N9O6S2. The third-order valence-corrected chi connectivity index (χ3v) is 8.53. The second kappa shape index (κ2) is 13.2. The molecular weight excluding hydrogens is 610 g/mol. The van der Waals surface area contributed by atoms with Crippen molar-refractivity contribution < 1.29 is 33.7 Å². The van der Waals surface area contributed by atoms with E-state index in [4.69, 9.17) is 10.6 Å². The monoisotopic (exact) mass is 637 g/mol. The lowest BCUT2D eigenvalue weighted by Crippen LogP contribution is -2.71. The number of β-lactam (4-membered cyclic amide) rings is 1. The smallest absolute Gasteiger partial charge is 0.437 e. The van der Waals surface area contributed by atoms with Gasteiger partial charge in [0.15, 0.2) is 24.1 Å². The molecule has 0 saturated carbocycles. The fourth-order valence-corrected chi connectivity index (χ4v) is 6.35. The van der Waals surface area contributed by atoms with E-state index in [1.165, 1.54) is 11.8 Å². The van der Waals surface area contributed by atoms with Crippen LogP contribution in [0.1, 0.15) is 31.1 Å². The first-order valence-corrected chi connectivity index (χ1v) is 15.3. The van der Waals surface area contributed by atoms with E-state index in [0.29, 0.717) is 24.1 Å². The number of anilines is 2. The molecule has 5 rings (SSSR count). The highest BCUT2D eigenvalue weighted by atomic mass is 32.2. The van der Waals surface area contributed by atoms with Crippen LogP contribution in [0.2, 0.25) is 0 Å². The van der Waals surface area contributed by atoms with Crippen LogP contribution in [0.15, 0.2) is 59.2 Å². The van der Waals surface area contributed by atoms with Crippen molar-refractivity contribution in [1.29, 1.82) is 0 Å². The Morgan fingerprint density at radius 2 is 1.86 bits per heavy atom. The Bertz CT molecular complexity index is 1650. The number of carbonyl (C=O) groups excluding carboxylic acids is 4. The molecule has 44 heavy (non-hydrogen) atoms. The van der Waals surface area contributed by atoms with Gasteiger partial charge in [-0.1, -0.05) is 37.2 Å². The average Bonchev–Trinajstić information content (AvgIpc) is 3.45. The summed E-state index contributed by atoms with van der Waals surface area (Å²) in [7, 11) is 0. The molecule has 17 heteroatoms. The third-order valence-electron chi connectivity index (χ3n) is 6.65. The SMILES string of the molecule is CCc1c[n+](CC2=C(C(=O)[O-])N3C(=O)C(NC(=O)C(=NOC(=O)Nc4ccccc4)c4nsc(N)n4)[C@@H]3SC2)cc(CC)n1. The van der Waals surface area contributed by atoms with Crippen LogP contribution in [0.4, 0.5) is 15.6 Å². The molecule has 0 spiro atoms. The summed E-state index contributed by atoms with van der Waals surface area (Å²) in [6.07, 6.45) is 4.12. The van der Waals surface area contributed by atoms with Gasteiger partial charge in [0.1, 0.15) is 22.8 Å². The van der Waals surface area contributed by atoms with E-state index in [-0.39, 0.29) is 29.0 Å². The van der Waals surface area contributed by atoms with E-state index < -0.39 is 41.0 Å². The van der Waals surface area contributed by atoms with E-state index in [9.17, 15) is 24.3 Å². The van der Waals surface area contributed by atoms with Crippen LogP contribution < -0.4 is 26.0 Å². The summed E-state index contributed by atoms with van der Waals surface area (Å²) in [6, 6.07) is 7.31. The second-order valence-electron chi connectivity index (χ2n) is 9.60. The zero-order valence-electron chi connectivity index (χ0n) is 23.6. The molecule has 4 N–H and O–H groups in total. The van der Waals surface area contributed by atoms with Gasteiger partial charge in [0.25, 0.3) is 11.8 Å². The first-order chi connectivity index (χ1) is 21.2. The van der Waals surface area contributed by atoms with Gasteiger partial charge in [-0.25, -0.2) is 9.78 Å². The number of carboxylic acid groups (broad SMARTS) is 1. The van der Waals surface area contributed by atoms with Crippen molar-refractivity contribution in [3.63, 3.8) is 0 Å². The predicted octanol–water partition coefficient (Wildman–Crippen LogP) is -0.0155. The van der Waals surface area contributed by atoms with E-state index in [2.05, 4.69) is 30.1 Å². The summed E-state index contributed by atoms with van der Waals surface area (Å²) in [5.74, 6) is -3.02. The molecule has 1 saturated heterocycles. The molecule has 228 valence electrons. The number of oxime groups is 1. The van der Waals surface area contributed by atoms with Gasteiger partial charge in [0, 0.05) is 28.5 Å². The summed E-state index contributed by atoms with van der Waals surface area (Å²) < 4.78 is 5.82. The number of hydrogen-bond acceptors (Lipinski definition) is 13. The van der Waals surface area contributed by atoms with Gasteiger partial charge in [-0.15, -0.1) is 11.8 Å². The number of aryl methyl sites for hydroxylation is 2. The molecule has 15 nitrogen and oxygen atoms in total. The highest BCUT2D eigenvalue weighted by Crippen LogP contribution is 2.40. The van der Waals surface area contributed by atoms with E-state index in [0.717, 1.165) is 27.8 Å². The number of benzene rings is 1. The zero-order valence-corrected chi connectivity index (χ0v) is 25.2. The maximum absolute atomic E-state index is 13.3. The molecule has 0 bridgehead atoms. The number of fused-ring (bicyclic) bond motifs is 1. The lowest BCUT2D eigenvalue weighted by atomic mass is 10.0. The van der Waals surface area contributed by atoms with Crippen LogP contribution in [0, 0.1) is 0 Å². The third kappa shape index (κ3) is 6.52. The minimum absolute atomic E-state index is 0.0309. The van der Waals surface area contributed by atoms with E-state index >= 15 is 0 Å². The van der Waals surface area contributed by atoms with Crippen molar-refractivity contribution in [2.45, 2.75) is 44.6 Å². The number of carboxylic acids is 1. The first kappa shape index (κ1) is 30.6. The van der Waals surface area contributed by atoms with Crippen LogP contribution in [0.3, 0.4) is 0 Å². The Balaban J connectivity index is 1.33. The van der Waals surface area contributed by atoms with Gasteiger partial charge in [-0.3, -0.25) is 24.6 Å². The Kier molecular flexibility index (Phi) is 9.15. The van der Waals surface area contributed by atoms with Crippen molar-refractivity contribution in [2.75, 3.05) is 16.8 Å². The average molecular weight is 638 g/mol. The number of rotatable bonds is 10. The minimum Gasteiger partial charge on any atom is -0.543 e. The Labute approximate surface area is 259 Å². The molecule has 4 heterocycles. The van der Waals surface area contributed by atoms with Crippen LogP contribution in [0.5, 0.6) is 0 Å². The van der Waals surface area contributed by atoms with Crippen molar-refractivity contribution in [3.8, 4) is 0 Å². The molecule has 1 aromatic carbocycles. The fourth-order valence-electron chi connectivity index (χ4n) is 4.58. The van der Waals surface area contributed by atoms with Gasteiger partial charge in [0.2, 0.25) is 11.5 Å². The number of carbonyl (C=O) groups is 4. The number of nitrogens with zero attached hydrogens (tertiary/aromatic N) is 6. The quantitative estimate of drug-likeness (QED) is 0.0885. The Hall–Kier alpha value is -4.90. The standard InChI is InChI=1S/C27H27N9O6S2/c1-3-15-11-35(12-16(4-2)29-15)10-14-13-43-24-19(23(38)36(24)20(14)25(39)40)31-22(37)18(21-32-26(28)44-34-21)33-42-27(41)30-17-8-6-5-7-9-17/h5-9,11-12,19,24H,3-4,10,13H2,1-2H3,(H4-,28,30,31,32,34,37,39,40,41)/t19?,24-/m0/s1. The highest BCUT2D eigenvalue weighted by molar-refractivity contribution is 8.00. The largest absolute Gasteiger partial charge is 0.543 e. The highest BCUT2D eigenvalue weighted by Gasteiger charge is 2.53. The Morgan fingerprint density at radius 3 is 2.48 bits per heavy atom. The molecule has 3 aromatic rings. The summed E-state index contributed by atoms with van der Waals surface area (Å²) in [5, 5.41) is 20.2. The Morgan fingerprint density at radius 1 is 1.16 bits per heavy atom. The normalized spacial score (nSPS) is 17.9. The van der Waals surface area contributed by atoms with E-state index in [1.807, 2.05) is 30.8 Å². The van der Waals surface area contributed by atoms with Gasteiger partial charge < -0.3 is 21.0 Å². The molecule has 2 aromatic heterocycles. The van der Waals surface area contributed by atoms with Crippen LogP contribution >= 0.6 is 23.3 Å². The lowest BCUT2D eigenvalue weighted by Gasteiger charge is -2.50. The van der Waals surface area contributed by atoms with Crippen LogP contribution in [-0.4, -0.2) is 66.0 Å². The summed E-state index contributed by atoms with van der Waals surface area (Å²) in [6.45, 7) is 4.18. The first-order valence-electron chi connectivity index (χ1n) is 13.5. The van der Waals surface area contributed by atoms with Gasteiger partial charge >= 0.3 is 6.09 Å². The number of nitrogen functional groups attached to an aromatic ring is 1. The zero-order chi connectivity index (χ0) is 31.4. The number of thioether (sulfide) groups is 1. The number of amides is 3. The van der Waals surface area contributed by atoms with Crippen molar-refractivity contribution in [1.82, 2.24) is 24.6 Å². The molecule has 2 aliphatic heterocycles. The van der Waals surface area contributed by atoms with Crippen LogP contribution in [-0.2, 0) is 38.6 Å². The number of nitrogens with one attached hydrogen (secondary N) is 2. The van der Waals surface area contributed by atoms with Crippen LogP contribution in [0.25, 0.3) is 0 Å². The predicted molar refractivity (Wildman–Crippen MR) is 158 cm³/mol. The second-order valence-corrected chi connectivity index (χ2v) is 11.5.